The van der Waals surface area contributed by atoms with Crippen LogP contribution in [0.1, 0.15) is 12.8 Å². The minimum absolute atomic E-state index is 0.115. The Balaban J connectivity index is 2.17. The predicted octanol–water partition coefficient (Wildman–Crippen LogP) is 0.750. The number of hydrogen-bond donors (Lipinski definition) is 1. The van der Waals surface area contributed by atoms with E-state index < -0.39 is 10.0 Å². The first-order chi connectivity index (χ1) is 10.4. The molecule has 0 unspecified atom stereocenters. The smallest absolute Gasteiger partial charge is 0.232 e. The molecule has 0 bridgehead atoms. The van der Waals surface area contributed by atoms with Gasteiger partial charge in [0.1, 0.15) is 13.2 Å². The molecular weight excluding hydrogens is 308 g/mol. The van der Waals surface area contributed by atoms with Crippen LogP contribution in [0.2, 0.25) is 0 Å². The number of ether oxygens (including phenoxy) is 2. The fourth-order valence-corrected chi connectivity index (χ4v) is 3.14. The molecule has 0 fully saturated rings. The van der Waals surface area contributed by atoms with Gasteiger partial charge in [-0.1, -0.05) is 0 Å². The molecule has 1 aliphatic rings. The second-order valence-electron chi connectivity index (χ2n) is 4.94. The number of hydrogen-bond acceptors (Lipinski definition) is 5. The van der Waals surface area contributed by atoms with E-state index in [1.54, 1.807) is 25.2 Å². The fraction of sp³-hybridized carbons (Fsp3) is 0.500. The summed E-state index contributed by atoms with van der Waals surface area (Å²) in [5.74, 6) is 1.02. The van der Waals surface area contributed by atoms with E-state index in [1.165, 1.54) is 4.31 Å². The molecule has 1 aromatic rings. The van der Waals surface area contributed by atoms with Crippen LogP contribution in [-0.4, -0.2) is 47.4 Å². The standard InChI is InChI=1S/C14H20N2O5S/c1-15-14(17)4-3-7-16(22(2,18)19)11-5-6-12-13(10-11)21-9-8-20-12/h5-6,10H,3-4,7-9H2,1-2H3,(H,15,17). The number of nitrogens with one attached hydrogen (secondary N) is 1. The van der Waals surface area contributed by atoms with Crippen molar-refractivity contribution in [3.05, 3.63) is 18.2 Å². The van der Waals surface area contributed by atoms with Crippen LogP contribution in [0.4, 0.5) is 5.69 Å². The van der Waals surface area contributed by atoms with E-state index in [-0.39, 0.29) is 18.9 Å². The Labute approximate surface area is 130 Å². The number of carbonyl (C=O) groups is 1. The lowest BCUT2D eigenvalue weighted by atomic mass is 10.2. The van der Waals surface area contributed by atoms with Crippen LogP contribution in [0, 0.1) is 0 Å². The van der Waals surface area contributed by atoms with Gasteiger partial charge in [-0.25, -0.2) is 8.42 Å². The number of benzene rings is 1. The van der Waals surface area contributed by atoms with Gasteiger partial charge >= 0.3 is 0 Å². The second-order valence-corrected chi connectivity index (χ2v) is 6.85. The van der Waals surface area contributed by atoms with Crippen LogP contribution in [0.25, 0.3) is 0 Å². The molecule has 1 N–H and O–H groups in total. The van der Waals surface area contributed by atoms with E-state index in [9.17, 15) is 13.2 Å². The molecule has 8 heteroatoms. The Morgan fingerprint density at radius 3 is 2.59 bits per heavy atom. The maximum absolute atomic E-state index is 12.0. The molecule has 0 radical (unpaired) electrons. The molecule has 1 amide bonds. The average molecular weight is 328 g/mol. The van der Waals surface area contributed by atoms with Crippen molar-refractivity contribution in [2.45, 2.75) is 12.8 Å². The molecule has 0 aliphatic carbocycles. The topological polar surface area (TPSA) is 84.9 Å². The zero-order chi connectivity index (χ0) is 16.2. The molecule has 2 rings (SSSR count). The summed E-state index contributed by atoms with van der Waals surface area (Å²) in [5.41, 5.74) is 0.503. The lowest BCUT2D eigenvalue weighted by molar-refractivity contribution is -0.120. The third-order valence-corrected chi connectivity index (χ3v) is 4.45. The molecule has 0 atom stereocenters. The Bertz CT molecular complexity index is 645. The summed E-state index contributed by atoms with van der Waals surface area (Å²) >= 11 is 0. The molecule has 1 aromatic carbocycles. The molecule has 0 spiro atoms. The van der Waals surface area contributed by atoms with E-state index in [2.05, 4.69) is 5.32 Å². The van der Waals surface area contributed by atoms with Crippen molar-refractivity contribution in [1.29, 1.82) is 0 Å². The molecule has 0 aromatic heterocycles. The van der Waals surface area contributed by atoms with Crippen molar-refractivity contribution < 1.29 is 22.7 Å². The number of anilines is 1. The molecule has 0 saturated heterocycles. The first kappa shape index (κ1) is 16.4. The normalized spacial score (nSPS) is 13.5. The van der Waals surface area contributed by atoms with Crippen molar-refractivity contribution >= 4 is 21.6 Å². The van der Waals surface area contributed by atoms with Gasteiger partial charge in [0, 0.05) is 26.1 Å². The van der Waals surface area contributed by atoms with E-state index in [0.717, 1.165) is 6.26 Å². The molecule has 7 nitrogen and oxygen atoms in total. The first-order valence-corrected chi connectivity index (χ1v) is 8.84. The summed E-state index contributed by atoms with van der Waals surface area (Å²) in [4.78, 5) is 11.3. The van der Waals surface area contributed by atoms with E-state index in [0.29, 0.717) is 36.8 Å². The lowest BCUT2D eigenvalue weighted by Gasteiger charge is -2.25. The van der Waals surface area contributed by atoms with Crippen molar-refractivity contribution in [3.63, 3.8) is 0 Å². The fourth-order valence-electron chi connectivity index (χ4n) is 2.18. The predicted molar refractivity (Wildman–Crippen MR) is 82.9 cm³/mol. The van der Waals surface area contributed by atoms with Crippen molar-refractivity contribution in [2.75, 3.05) is 37.4 Å². The zero-order valence-corrected chi connectivity index (χ0v) is 13.5. The van der Waals surface area contributed by atoms with Gasteiger partial charge in [0.15, 0.2) is 11.5 Å². The minimum atomic E-state index is -3.44. The summed E-state index contributed by atoms with van der Waals surface area (Å²) in [6.45, 7) is 1.15. The van der Waals surface area contributed by atoms with Crippen LogP contribution in [0.15, 0.2) is 18.2 Å². The van der Waals surface area contributed by atoms with Crippen molar-refractivity contribution in [2.24, 2.45) is 0 Å². The number of rotatable bonds is 6. The van der Waals surface area contributed by atoms with Gasteiger partial charge in [-0.2, -0.15) is 0 Å². The monoisotopic (exact) mass is 328 g/mol. The SMILES string of the molecule is CNC(=O)CCCN(c1ccc2c(c1)OCCO2)S(C)(=O)=O. The third-order valence-electron chi connectivity index (χ3n) is 3.26. The van der Waals surface area contributed by atoms with Crippen molar-refractivity contribution in [1.82, 2.24) is 5.32 Å². The van der Waals surface area contributed by atoms with E-state index in [4.69, 9.17) is 9.47 Å². The highest BCUT2D eigenvalue weighted by atomic mass is 32.2. The van der Waals surface area contributed by atoms with Gasteiger partial charge in [-0.05, 0) is 18.6 Å². The molecule has 1 heterocycles. The van der Waals surface area contributed by atoms with Gasteiger partial charge in [-0.15, -0.1) is 0 Å². The van der Waals surface area contributed by atoms with E-state index in [1.807, 2.05) is 0 Å². The molecule has 0 saturated carbocycles. The minimum Gasteiger partial charge on any atom is -0.486 e. The first-order valence-electron chi connectivity index (χ1n) is 7.00. The van der Waals surface area contributed by atoms with Crippen LogP contribution in [-0.2, 0) is 14.8 Å². The highest BCUT2D eigenvalue weighted by molar-refractivity contribution is 7.92. The average Bonchev–Trinajstić information content (AvgIpc) is 2.49. The van der Waals surface area contributed by atoms with Gasteiger partial charge in [0.25, 0.3) is 0 Å². The van der Waals surface area contributed by atoms with Crippen LogP contribution in [0.3, 0.4) is 0 Å². The number of fused-ring (bicyclic) bond motifs is 1. The Kier molecular flexibility index (Phi) is 5.12. The largest absolute Gasteiger partial charge is 0.486 e. The quantitative estimate of drug-likeness (QED) is 0.833. The summed E-state index contributed by atoms with van der Waals surface area (Å²) in [6.07, 6.45) is 1.85. The van der Waals surface area contributed by atoms with Gasteiger partial charge in [0.2, 0.25) is 15.9 Å². The highest BCUT2D eigenvalue weighted by Gasteiger charge is 2.20. The van der Waals surface area contributed by atoms with Crippen LogP contribution in [0.5, 0.6) is 11.5 Å². The number of sulfonamides is 1. The van der Waals surface area contributed by atoms with Crippen LogP contribution < -0.4 is 19.1 Å². The molecule has 122 valence electrons. The Hall–Kier alpha value is -1.96. The molecule has 22 heavy (non-hydrogen) atoms. The summed E-state index contributed by atoms with van der Waals surface area (Å²) in [6, 6.07) is 5.02. The number of carbonyl (C=O) groups excluding carboxylic acids is 1. The van der Waals surface area contributed by atoms with E-state index >= 15 is 0 Å². The third kappa shape index (κ3) is 4.03. The van der Waals surface area contributed by atoms with Crippen molar-refractivity contribution in [3.8, 4) is 11.5 Å². The molecule has 1 aliphatic heterocycles. The summed E-state index contributed by atoms with van der Waals surface area (Å²) < 4.78 is 36.2. The number of nitrogens with zero attached hydrogens (tertiary/aromatic N) is 1. The summed E-state index contributed by atoms with van der Waals surface area (Å²) in [7, 11) is -1.89. The lowest BCUT2D eigenvalue weighted by Crippen LogP contribution is -2.32. The Morgan fingerprint density at radius 2 is 1.95 bits per heavy atom. The maximum Gasteiger partial charge on any atom is 0.232 e. The van der Waals surface area contributed by atoms with Gasteiger partial charge < -0.3 is 14.8 Å². The maximum atomic E-state index is 12.0. The Morgan fingerprint density at radius 1 is 1.27 bits per heavy atom. The second kappa shape index (κ2) is 6.87. The molecular formula is C14H20N2O5S. The highest BCUT2D eigenvalue weighted by Crippen LogP contribution is 2.34. The summed E-state index contributed by atoms with van der Waals surface area (Å²) in [5, 5.41) is 2.51. The van der Waals surface area contributed by atoms with Gasteiger partial charge in [0.05, 0.1) is 11.9 Å². The van der Waals surface area contributed by atoms with Gasteiger partial charge in [-0.3, -0.25) is 9.10 Å². The number of amides is 1. The zero-order valence-electron chi connectivity index (χ0n) is 12.7. The van der Waals surface area contributed by atoms with Crippen LogP contribution >= 0.6 is 0 Å².